The maximum atomic E-state index is 12.3. The minimum Gasteiger partial charge on any atom is -0.477 e. The van der Waals surface area contributed by atoms with E-state index >= 15 is 0 Å². The second-order valence-electron chi connectivity index (χ2n) is 6.21. The third kappa shape index (κ3) is 4.28. The average molecular weight is 446 g/mol. The number of ether oxygens (including phenoxy) is 1. The molecule has 1 aromatic heterocycles. The standard InChI is InChI=1S/C21H19NO6S2/c1-3-28-21(25)15-10-6-5-9-14(15)18-12-17(19(29-18)20(23)24)22(30(26)27)16-11-7-4-8-13(16)2/h4-12H,3H2,1-2H3,(H,23,24)(H,26,27). The van der Waals surface area contributed by atoms with Gasteiger partial charge in [-0.05, 0) is 37.6 Å². The summed E-state index contributed by atoms with van der Waals surface area (Å²) in [6, 6.07) is 15.1. The number of hydrogen-bond acceptors (Lipinski definition) is 5. The molecule has 3 rings (SSSR count). The number of thiophene rings is 1. The molecule has 0 amide bonds. The molecule has 2 aromatic carbocycles. The van der Waals surface area contributed by atoms with Crippen LogP contribution in [0.4, 0.5) is 11.4 Å². The number of esters is 1. The minimum absolute atomic E-state index is 0.0660. The van der Waals surface area contributed by atoms with Crippen molar-refractivity contribution in [1.82, 2.24) is 0 Å². The summed E-state index contributed by atoms with van der Waals surface area (Å²) in [5.74, 6) is -1.76. The predicted molar refractivity (Wildman–Crippen MR) is 117 cm³/mol. The van der Waals surface area contributed by atoms with Gasteiger partial charge in [0.25, 0.3) is 11.3 Å². The zero-order chi connectivity index (χ0) is 21.8. The number of rotatable bonds is 7. The van der Waals surface area contributed by atoms with Gasteiger partial charge < -0.3 is 9.84 Å². The summed E-state index contributed by atoms with van der Waals surface area (Å²) in [4.78, 5) is 24.6. The number of hydrogen-bond donors (Lipinski definition) is 2. The van der Waals surface area contributed by atoms with E-state index < -0.39 is 23.2 Å². The number of carbonyl (C=O) groups is 2. The summed E-state index contributed by atoms with van der Waals surface area (Å²) in [6.07, 6.45) is 0. The van der Waals surface area contributed by atoms with Gasteiger partial charge in [0.05, 0.1) is 23.5 Å². The molecule has 0 saturated carbocycles. The van der Waals surface area contributed by atoms with Crippen molar-refractivity contribution in [1.29, 1.82) is 0 Å². The van der Waals surface area contributed by atoms with Crippen LogP contribution in [0.25, 0.3) is 10.4 Å². The van der Waals surface area contributed by atoms with Crippen LogP contribution in [-0.2, 0) is 16.0 Å². The van der Waals surface area contributed by atoms with Gasteiger partial charge >= 0.3 is 11.9 Å². The Hall–Kier alpha value is -3.01. The molecule has 2 N–H and O–H groups in total. The third-order valence-electron chi connectivity index (χ3n) is 4.30. The van der Waals surface area contributed by atoms with Crippen molar-refractivity contribution in [3.05, 3.63) is 70.6 Å². The van der Waals surface area contributed by atoms with Gasteiger partial charge in [-0.3, -0.25) is 4.55 Å². The van der Waals surface area contributed by atoms with E-state index in [1.807, 2.05) is 0 Å². The molecule has 0 aliphatic rings. The summed E-state index contributed by atoms with van der Waals surface area (Å²) in [6.45, 7) is 3.66. The second kappa shape index (κ2) is 9.21. The molecule has 1 atom stereocenters. The molecule has 1 unspecified atom stereocenters. The van der Waals surface area contributed by atoms with Crippen molar-refractivity contribution in [2.75, 3.05) is 10.9 Å². The van der Waals surface area contributed by atoms with Crippen molar-refractivity contribution in [2.24, 2.45) is 0 Å². The number of aromatic carboxylic acids is 1. The van der Waals surface area contributed by atoms with Gasteiger partial charge in [-0.2, -0.15) is 0 Å². The molecule has 156 valence electrons. The number of para-hydroxylation sites is 1. The fourth-order valence-electron chi connectivity index (χ4n) is 2.99. The van der Waals surface area contributed by atoms with E-state index in [0.717, 1.165) is 15.6 Å². The fourth-order valence-corrected chi connectivity index (χ4v) is 4.76. The number of carbonyl (C=O) groups excluding carboxylic acids is 1. The van der Waals surface area contributed by atoms with Crippen molar-refractivity contribution in [3.8, 4) is 10.4 Å². The Morgan fingerprint density at radius 3 is 2.40 bits per heavy atom. The molecule has 7 nitrogen and oxygen atoms in total. The van der Waals surface area contributed by atoms with Crippen LogP contribution in [0.3, 0.4) is 0 Å². The van der Waals surface area contributed by atoms with E-state index in [2.05, 4.69) is 0 Å². The van der Waals surface area contributed by atoms with Gasteiger partial charge in [-0.1, -0.05) is 36.4 Å². The van der Waals surface area contributed by atoms with Crippen LogP contribution in [0.1, 0.15) is 32.5 Å². The lowest BCUT2D eigenvalue weighted by molar-refractivity contribution is 0.0526. The van der Waals surface area contributed by atoms with Crippen LogP contribution >= 0.6 is 11.3 Å². The highest BCUT2D eigenvalue weighted by atomic mass is 32.2. The number of carboxylic acids is 1. The number of nitrogens with zero attached hydrogens (tertiary/aromatic N) is 1. The van der Waals surface area contributed by atoms with Gasteiger partial charge in [0.2, 0.25) is 0 Å². The van der Waals surface area contributed by atoms with E-state index in [4.69, 9.17) is 4.74 Å². The molecule has 1 heterocycles. The van der Waals surface area contributed by atoms with E-state index in [1.165, 1.54) is 6.07 Å². The van der Waals surface area contributed by atoms with Gasteiger partial charge in [0, 0.05) is 10.4 Å². The van der Waals surface area contributed by atoms with Gasteiger partial charge in [0.1, 0.15) is 4.88 Å². The van der Waals surface area contributed by atoms with Crippen LogP contribution in [0.15, 0.2) is 54.6 Å². The SMILES string of the molecule is CCOC(=O)c1ccccc1-c1cc(N(c2ccccc2C)S(=O)O)c(C(=O)O)s1. The molecule has 30 heavy (non-hydrogen) atoms. The quantitative estimate of drug-likeness (QED) is 0.397. The van der Waals surface area contributed by atoms with Crippen molar-refractivity contribution in [2.45, 2.75) is 13.8 Å². The zero-order valence-electron chi connectivity index (χ0n) is 16.2. The molecule has 0 saturated heterocycles. The maximum Gasteiger partial charge on any atom is 0.348 e. The van der Waals surface area contributed by atoms with Gasteiger partial charge in [-0.15, -0.1) is 11.3 Å². The normalized spacial score (nSPS) is 11.7. The molecule has 0 bridgehead atoms. The van der Waals surface area contributed by atoms with E-state index in [1.54, 1.807) is 62.4 Å². The number of anilines is 2. The molecule has 0 aliphatic carbocycles. The molecule has 3 aromatic rings. The van der Waals surface area contributed by atoms with Crippen LogP contribution < -0.4 is 4.31 Å². The molecule has 0 fully saturated rings. The van der Waals surface area contributed by atoms with E-state index in [0.29, 0.717) is 21.7 Å². The first-order valence-corrected chi connectivity index (χ1v) is 10.8. The highest BCUT2D eigenvalue weighted by molar-refractivity contribution is 7.81. The molecule has 9 heteroatoms. The zero-order valence-corrected chi connectivity index (χ0v) is 17.8. The number of carboxylic acid groups (broad SMARTS) is 1. The van der Waals surface area contributed by atoms with Crippen LogP contribution in [0.5, 0.6) is 0 Å². The Kier molecular flexibility index (Phi) is 6.66. The number of aryl methyl sites for hydroxylation is 1. The average Bonchev–Trinajstić information content (AvgIpc) is 3.14. The maximum absolute atomic E-state index is 12.3. The second-order valence-corrected chi connectivity index (χ2v) is 8.09. The number of benzene rings is 2. The van der Waals surface area contributed by atoms with E-state index in [-0.39, 0.29) is 22.7 Å². The van der Waals surface area contributed by atoms with Gasteiger partial charge in [0.15, 0.2) is 0 Å². The summed E-state index contributed by atoms with van der Waals surface area (Å²) in [5, 5.41) is 9.75. The summed E-state index contributed by atoms with van der Waals surface area (Å²) in [7, 11) is 0. The van der Waals surface area contributed by atoms with E-state index in [9.17, 15) is 23.5 Å². The lowest BCUT2D eigenvalue weighted by atomic mass is 10.1. The molecule has 0 radical (unpaired) electrons. The minimum atomic E-state index is -2.52. The lowest BCUT2D eigenvalue weighted by Crippen LogP contribution is -2.21. The van der Waals surface area contributed by atoms with Crippen LogP contribution in [0, 0.1) is 6.92 Å². The van der Waals surface area contributed by atoms with Crippen molar-refractivity contribution >= 4 is 45.9 Å². The summed E-state index contributed by atoms with van der Waals surface area (Å²) >= 11 is -1.60. The van der Waals surface area contributed by atoms with Crippen molar-refractivity contribution < 1.29 is 28.2 Å². The monoisotopic (exact) mass is 445 g/mol. The molecular weight excluding hydrogens is 426 g/mol. The van der Waals surface area contributed by atoms with Crippen LogP contribution in [0.2, 0.25) is 0 Å². The Labute approximate surface area is 180 Å². The highest BCUT2D eigenvalue weighted by Crippen LogP contribution is 2.42. The van der Waals surface area contributed by atoms with Crippen molar-refractivity contribution in [3.63, 3.8) is 0 Å². The Balaban J connectivity index is 2.21. The summed E-state index contributed by atoms with van der Waals surface area (Å²) < 4.78 is 28.3. The van der Waals surface area contributed by atoms with Gasteiger partial charge in [-0.25, -0.2) is 18.1 Å². The smallest absolute Gasteiger partial charge is 0.348 e. The molecule has 0 aliphatic heterocycles. The first-order chi connectivity index (χ1) is 14.3. The molecule has 0 spiro atoms. The highest BCUT2D eigenvalue weighted by Gasteiger charge is 2.27. The fraction of sp³-hybridized carbons (Fsp3) is 0.143. The predicted octanol–water partition coefficient (Wildman–Crippen LogP) is 4.87. The summed E-state index contributed by atoms with van der Waals surface area (Å²) in [5.41, 5.74) is 1.95. The largest absolute Gasteiger partial charge is 0.477 e. The first kappa shape index (κ1) is 21.7. The van der Waals surface area contributed by atoms with Crippen LogP contribution in [-0.4, -0.2) is 32.4 Å². The Bertz CT molecular complexity index is 1120. The topological polar surface area (TPSA) is 104 Å². The third-order valence-corrected chi connectivity index (χ3v) is 6.16. The lowest BCUT2D eigenvalue weighted by Gasteiger charge is -2.21. The Morgan fingerprint density at radius 1 is 1.10 bits per heavy atom. The Morgan fingerprint density at radius 2 is 1.77 bits per heavy atom. The molecular formula is C21H19NO6S2. The first-order valence-electron chi connectivity index (χ1n) is 8.95.